The van der Waals surface area contributed by atoms with Crippen molar-refractivity contribution in [2.24, 2.45) is 0 Å². The Balaban J connectivity index is 2.04. The predicted octanol–water partition coefficient (Wildman–Crippen LogP) is 3.06. The third-order valence-electron chi connectivity index (χ3n) is 3.66. The zero-order chi connectivity index (χ0) is 16.1. The summed E-state index contributed by atoms with van der Waals surface area (Å²) in [6.45, 7) is 2.71. The van der Waals surface area contributed by atoms with Crippen molar-refractivity contribution in [3.63, 3.8) is 0 Å². The van der Waals surface area contributed by atoms with E-state index in [0.29, 0.717) is 35.8 Å². The van der Waals surface area contributed by atoms with Crippen LogP contribution in [0.25, 0.3) is 0 Å². The van der Waals surface area contributed by atoms with Crippen molar-refractivity contribution in [1.29, 1.82) is 10.5 Å². The van der Waals surface area contributed by atoms with E-state index >= 15 is 0 Å². The summed E-state index contributed by atoms with van der Waals surface area (Å²) in [4.78, 5) is 2.11. The van der Waals surface area contributed by atoms with E-state index in [4.69, 9.17) is 9.47 Å². The van der Waals surface area contributed by atoms with E-state index in [-0.39, 0.29) is 0 Å². The fourth-order valence-electron chi connectivity index (χ4n) is 2.50. The topological polar surface area (TPSA) is 69.3 Å². The summed E-state index contributed by atoms with van der Waals surface area (Å²) in [7, 11) is 0. The minimum Gasteiger partial charge on any atom is -0.455 e. The quantitative estimate of drug-likeness (QED) is 0.871. The van der Waals surface area contributed by atoms with Gasteiger partial charge in [0.2, 0.25) is 0 Å². The molecule has 1 aliphatic rings. The van der Waals surface area contributed by atoms with Gasteiger partial charge in [0.15, 0.2) is 5.75 Å². The van der Waals surface area contributed by atoms with Crippen molar-refractivity contribution >= 4 is 5.69 Å². The van der Waals surface area contributed by atoms with E-state index in [1.807, 2.05) is 30.3 Å². The molecule has 1 saturated heterocycles. The second kappa shape index (κ2) is 6.83. The summed E-state index contributed by atoms with van der Waals surface area (Å²) < 4.78 is 11.3. The van der Waals surface area contributed by atoms with Gasteiger partial charge in [0.05, 0.1) is 30.0 Å². The monoisotopic (exact) mass is 305 g/mol. The molecule has 1 fully saturated rings. The SMILES string of the molecule is N#Cc1cc(Oc2ccccc2)c(N2CCOCC2)cc1C#N. The molecule has 0 spiro atoms. The van der Waals surface area contributed by atoms with E-state index < -0.39 is 0 Å². The molecule has 0 radical (unpaired) electrons. The second-order valence-corrected chi connectivity index (χ2v) is 5.10. The first-order valence-corrected chi connectivity index (χ1v) is 7.35. The molecule has 1 aliphatic heterocycles. The minimum absolute atomic E-state index is 0.315. The number of hydrogen-bond donors (Lipinski definition) is 0. The third-order valence-corrected chi connectivity index (χ3v) is 3.66. The van der Waals surface area contributed by atoms with Gasteiger partial charge in [-0.25, -0.2) is 0 Å². The Kier molecular flexibility index (Phi) is 4.42. The Labute approximate surface area is 134 Å². The van der Waals surface area contributed by atoms with Crippen LogP contribution in [0.5, 0.6) is 11.5 Å². The van der Waals surface area contributed by atoms with Crippen molar-refractivity contribution in [3.8, 4) is 23.6 Å². The van der Waals surface area contributed by atoms with Crippen LogP contribution >= 0.6 is 0 Å². The fraction of sp³-hybridized carbons (Fsp3) is 0.222. The molecule has 0 aliphatic carbocycles. The molecule has 5 heteroatoms. The van der Waals surface area contributed by atoms with E-state index in [0.717, 1.165) is 18.8 Å². The highest BCUT2D eigenvalue weighted by molar-refractivity contribution is 5.67. The summed E-state index contributed by atoms with van der Waals surface area (Å²) in [6, 6.07) is 16.9. The Morgan fingerprint density at radius 2 is 1.61 bits per heavy atom. The van der Waals surface area contributed by atoms with E-state index in [1.165, 1.54) is 0 Å². The van der Waals surface area contributed by atoms with Crippen LogP contribution in [0.15, 0.2) is 42.5 Å². The fourth-order valence-corrected chi connectivity index (χ4v) is 2.50. The van der Waals surface area contributed by atoms with Crippen LogP contribution in [-0.4, -0.2) is 26.3 Å². The zero-order valence-electron chi connectivity index (χ0n) is 12.5. The van der Waals surface area contributed by atoms with E-state index in [2.05, 4.69) is 17.0 Å². The molecule has 1 heterocycles. The van der Waals surface area contributed by atoms with E-state index in [1.54, 1.807) is 12.1 Å². The average Bonchev–Trinajstić information content (AvgIpc) is 2.63. The first kappa shape index (κ1) is 14.9. The molecule has 0 saturated carbocycles. The van der Waals surface area contributed by atoms with Crippen LogP contribution < -0.4 is 9.64 Å². The van der Waals surface area contributed by atoms with Crippen LogP contribution in [0.2, 0.25) is 0 Å². The number of ether oxygens (including phenoxy) is 2. The molecule has 0 amide bonds. The molecule has 23 heavy (non-hydrogen) atoms. The summed E-state index contributed by atoms with van der Waals surface area (Å²) in [5, 5.41) is 18.5. The molecule has 2 aromatic rings. The molecular weight excluding hydrogens is 290 g/mol. The molecule has 0 aromatic heterocycles. The second-order valence-electron chi connectivity index (χ2n) is 5.10. The Morgan fingerprint density at radius 1 is 0.957 bits per heavy atom. The van der Waals surface area contributed by atoms with Gasteiger partial charge in [-0.3, -0.25) is 0 Å². The molecule has 2 aromatic carbocycles. The summed E-state index contributed by atoms with van der Waals surface area (Å²) in [5.41, 5.74) is 1.48. The Hall–Kier alpha value is -3.02. The number of nitrogens with zero attached hydrogens (tertiary/aromatic N) is 3. The van der Waals surface area contributed by atoms with Crippen LogP contribution in [0.3, 0.4) is 0 Å². The highest BCUT2D eigenvalue weighted by Gasteiger charge is 2.19. The molecule has 114 valence electrons. The maximum Gasteiger partial charge on any atom is 0.152 e. The number of morpholine rings is 1. The van der Waals surface area contributed by atoms with Gasteiger partial charge in [-0.2, -0.15) is 10.5 Å². The predicted molar refractivity (Wildman–Crippen MR) is 85.4 cm³/mol. The highest BCUT2D eigenvalue weighted by atomic mass is 16.5. The van der Waals surface area contributed by atoms with Crippen molar-refractivity contribution in [2.45, 2.75) is 0 Å². The molecule has 3 rings (SSSR count). The van der Waals surface area contributed by atoms with Crippen molar-refractivity contribution < 1.29 is 9.47 Å². The summed E-state index contributed by atoms with van der Waals surface area (Å²) in [5.74, 6) is 1.27. The molecule has 0 bridgehead atoms. The van der Waals surface area contributed by atoms with Crippen LogP contribution in [-0.2, 0) is 4.74 Å². The first-order chi connectivity index (χ1) is 11.3. The average molecular weight is 305 g/mol. The Bertz CT molecular complexity index is 769. The number of hydrogen-bond acceptors (Lipinski definition) is 5. The van der Waals surface area contributed by atoms with Crippen molar-refractivity contribution in [2.75, 3.05) is 31.2 Å². The number of nitriles is 2. The van der Waals surface area contributed by atoms with Gasteiger partial charge in [-0.05, 0) is 18.2 Å². The zero-order valence-corrected chi connectivity index (χ0v) is 12.5. The highest BCUT2D eigenvalue weighted by Crippen LogP contribution is 2.35. The van der Waals surface area contributed by atoms with Gasteiger partial charge in [-0.15, -0.1) is 0 Å². The normalized spacial score (nSPS) is 13.9. The lowest BCUT2D eigenvalue weighted by molar-refractivity contribution is 0.122. The smallest absolute Gasteiger partial charge is 0.152 e. The van der Waals surface area contributed by atoms with Crippen molar-refractivity contribution in [3.05, 3.63) is 53.6 Å². The van der Waals surface area contributed by atoms with E-state index in [9.17, 15) is 10.5 Å². The van der Waals surface area contributed by atoms with Gasteiger partial charge >= 0.3 is 0 Å². The van der Waals surface area contributed by atoms with Gasteiger partial charge in [0, 0.05) is 19.2 Å². The lowest BCUT2D eigenvalue weighted by Gasteiger charge is -2.30. The lowest BCUT2D eigenvalue weighted by Crippen LogP contribution is -2.36. The molecular formula is C18H15N3O2. The van der Waals surface area contributed by atoms with Gasteiger partial charge in [0.1, 0.15) is 17.9 Å². The number of para-hydroxylation sites is 1. The first-order valence-electron chi connectivity index (χ1n) is 7.35. The summed E-state index contributed by atoms with van der Waals surface area (Å²) in [6.07, 6.45) is 0. The molecule has 0 N–H and O–H groups in total. The maximum atomic E-state index is 9.27. The number of rotatable bonds is 3. The molecule has 5 nitrogen and oxygen atoms in total. The summed E-state index contributed by atoms with van der Waals surface area (Å²) >= 11 is 0. The maximum absolute atomic E-state index is 9.27. The Morgan fingerprint density at radius 3 is 2.26 bits per heavy atom. The van der Waals surface area contributed by atoms with Gasteiger partial charge < -0.3 is 14.4 Å². The number of anilines is 1. The largest absolute Gasteiger partial charge is 0.455 e. The van der Waals surface area contributed by atoms with Crippen molar-refractivity contribution in [1.82, 2.24) is 0 Å². The van der Waals surface area contributed by atoms with Gasteiger partial charge in [0.25, 0.3) is 0 Å². The standard InChI is InChI=1S/C18H15N3O2/c19-12-14-10-17(21-6-8-22-9-7-21)18(11-15(14)13-20)23-16-4-2-1-3-5-16/h1-5,10-11H,6-9H2. The van der Waals surface area contributed by atoms with Crippen LogP contribution in [0.4, 0.5) is 5.69 Å². The van der Waals surface area contributed by atoms with Crippen LogP contribution in [0, 0.1) is 22.7 Å². The third kappa shape index (κ3) is 3.26. The number of benzene rings is 2. The molecule has 0 atom stereocenters. The minimum atomic E-state index is 0.315. The molecule has 0 unspecified atom stereocenters. The lowest BCUT2D eigenvalue weighted by atomic mass is 10.1. The van der Waals surface area contributed by atoms with Gasteiger partial charge in [-0.1, -0.05) is 18.2 Å². The van der Waals surface area contributed by atoms with Crippen LogP contribution in [0.1, 0.15) is 11.1 Å².